The van der Waals surface area contributed by atoms with Crippen molar-refractivity contribution in [3.63, 3.8) is 0 Å². The van der Waals surface area contributed by atoms with Crippen molar-refractivity contribution in [1.29, 1.82) is 0 Å². The molecule has 0 spiro atoms. The summed E-state index contributed by atoms with van der Waals surface area (Å²) in [7, 11) is 1.59. The smallest absolute Gasteiger partial charge is 0.139 e. The van der Waals surface area contributed by atoms with Crippen molar-refractivity contribution in [3.8, 4) is 5.75 Å². The summed E-state index contributed by atoms with van der Waals surface area (Å²) >= 11 is 10.9. The van der Waals surface area contributed by atoms with E-state index in [0.717, 1.165) is 16.9 Å². The molecule has 3 nitrogen and oxygen atoms in total. The second-order valence-corrected chi connectivity index (χ2v) is 4.76. The summed E-state index contributed by atoms with van der Waals surface area (Å²) in [5, 5.41) is 3.83. The Labute approximate surface area is 122 Å². The van der Waals surface area contributed by atoms with Gasteiger partial charge in [0.15, 0.2) is 0 Å². The molecule has 0 heterocycles. The van der Waals surface area contributed by atoms with Gasteiger partial charge in [0.1, 0.15) is 10.7 Å². The second kappa shape index (κ2) is 5.91. The molecule has 0 radical (unpaired) electrons. The molecule has 19 heavy (non-hydrogen) atoms. The van der Waals surface area contributed by atoms with Crippen molar-refractivity contribution in [2.75, 3.05) is 12.4 Å². The number of nitrogens with two attached hydrogens (primary N) is 1. The zero-order valence-electron chi connectivity index (χ0n) is 10.3. The fourth-order valence-corrected chi connectivity index (χ4v) is 1.95. The lowest BCUT2D eigenvalue weighted by Crippen LogP contribution is -2.08. The van der Waals surface area contributed by atoms with E-state index in [1.165, 1.54) is 0 Å². The normalized spacial score (nSPS) is 10.0. The Morgan fingerprint density at radius 2 is 1.79 bits per heavy atom. The summed E-state index contributed by atoms with van der Waals surface area (Å²) in [6.45, 7) is 0. The number of hydrogen-bond acceptors (Lipinski definition) is 3. The third-order valence-electron chi connectivity index (χ3n) is 2.61. The molecule has 0 saturated carbocycles. The van der Waals surface area contributed by atoms with Crippen molar-refractivity contribution < 1.29 is 4.74 Å². The van der Waals surface area contributed by atoms with Gasteiger partial charge in [0.2, 0.25) is 0 Å². The number of benzene rings is 2. The number of anilines is 2. The first-order valence-electron chi connectivity index (χ1n) is 5.60. The van der Waals surface area contributed by atoms with Gasteiger partial charge in [-0.05, 0) is 36.4 Å². The monoisotopic (exact) mass is 292 g/mol. The van der Waals surface area contributed by atoms with Crippen molar-refractivity contribution >= 4 is 40.2 Å². The lowest BCUT2D eigenvalue weighted by atomic mass is 10.2. The first-order chi connectivity index (χ1) is 9.10. The number of halogens is 1. The predicted molar refractivity (Wildman–Crippen MR) is 83.6 cm³/mol. The molecule has 0 saturated heterocycles. The maximum absolute atomic E-state index is 5.97. The number of thiocarbonyl (C=S) groups is 1. The number of nitrogens with one attached hydrogen (secondary N) is 1. The summed E-state index contributed by atoms with van der Waals surface area (Å²) in [5.41, 5.74) is 8.22. The number of methoxy groups -OCH3 is 1. The molecule has 0 unspecified atom stereocenters. The highest BCUT2D eigenvalue weighted by molar-refractivity contribution is 7.80. The molecule has 2 aromatic carbocycles. The van der Waals surface area contributed by atoms with Gasteiger partial charge in [-0.2, -0.15) is 0 Å². The van der Waals surface area contributed by atoms with Crippen LogP contribution in [-0.4, -0.2) is 12.1 Å². The lowest BCUT2D eigenvalue weighted by Gasteiger charge is -2.09. The zero-order valence-corrected chi connectivity index (χ0v) is 11.9. The van der Waals surface area contributed by atoms with Gasteiger partial charge in [0, 0.05) is 23.0 Å². The average Bonchev–Trinajstić information content (AvgIpc) is 2.41. The Kier molecular flexibility index (Phi) is 4.24. The number of rotatable bonds is 4. The molecule has 5 heteroatoms. The number of ether oxygens (including phenoxy) is 1. The van der Waals surface area contributed by atoms with Crippen molar-refractivity contribution in [2.45, 2.75) is 0 Å². The average molecular weight is 293 g/mol. The highest BCUT2D eigenvalue weighted by Gasteiger charge is 2.02. The van der Waals surface area contributed by atoms with Crippen LogP contribution >= 0.6 is 23.8 Å². The third kappa shape index (κ3) is 3.36. The van der Waals surface area contributed by atoms with Crippen molar-refractivity contribution in [3.05, 3.63) is 53.1 Å². The van der Waals surface area contributed by atoms with E-state index in [0.29, 0.717) is 15.8 Å². The summed E-state index contributed by atoms with van der Waals surface area (Å²) in [6, 6.07) is 13.1. The Hall–Kier alpha value is -1.78. The minimum Gasteiger partial charge on any atom is -0.495 e. The summed E-state index contributed by atoms with van der Waals surface area (Å²) in [5.74, 6) is 0.631. The SMILES string of the molecule is COc1cc(Nc2ccc(C(N)=S)cc2)ccc1Cl. The second-order valence-electron chi connectivity index (χ2n) is 3.92. The van der Waals surface area contributed by atoms with Crippen LogP contribution in [0.4, 0.5) is 11.4 Å². The van der Waals surface area contributed by atoms with Gasteiger partial charge in [-0.15, -0.1) is 0 Å². The molecule has 0 aliphatic rings. The maximum Gasteiger partial charge on any atom is 0.139 e. The predicted octanol–water partition coefficient (Wildman–Crippen LogP) is 3.73. The van der Waals surface area contributed by atoms with E-state index < -0.39 is 0 Å². The van der Waals surface area contributed by atoms with Crippen LogP contribution in [0.25, 0.3) is 0 Å². The van der Waals surface area contributed by atoms with Gasteiger partial charge in [0.25, 0.3) is 0 Å². The fourth-order valence-electron chi connectivity index (χ4n) is 1.62. The van der Waals surface area contributed by atoms with Crippen molar-refractivity contribution in [1.82, 2.24) is 0 Å². The van der Waals surface area contributed by atoms with Gasteiger partial charge < -0.3 is 15.8 Å². The molecule has 98 valence electrons. The Morgan fingerprint density at radius 1 is 1.16 bits per heavy atom. The minimum absolute atomic E-state index is 0.389. The molecule has 0 aromatic heterocycles. The number of hydrogen-bond donors (Lipinski definition) is 2. The van der Waals surface area contributed by atoms with E-state index in [1.807, 2.05) is 36.4 Å². The van der Waals surface area contributed by atoms with Crippen LogP contribution in [0, 0.1) is 0 Å². The standard InChI is InChI=1S/C14H13ClN2OS/c1-18-13-8-11(6-7-12(13)15)17-10-4-2-9(3-5-10)14(16)19/h2-8,17H,1H3,(H2,16,19). The summed E-state index contributed by atoms with van der Waals surface area (Å²) in [4.78, 5) is 0.389. The van der Waals surface area contributed by atoms with E-state index in [9.17, 15) is 0 Å². The lowest BCUT2D eigenvalue weighted by molar-refractivity contribution is 0.415. The molecule has 2 rings (SSSR count). The maximum atomic E-state index is 5.97. The van der Waals surface area contributed by atoms with Crippen LogP contribution in [0.2, 0.25) is 5.02 Å². The van der Waals surface area contributed by atoms with Crippen LogP contribution in [-0.2, 0) is 0 Å². The first kappa shape index (κ1) is 13.6. The van der Waals surface area contributed by atoms with E-state index >= 15 is 0 Å². The van der Waals surface area contributed by atoms with Crippen LogP contribution in [0.3, 0.4) is 0 Å². The largest absolute Gasteiger partial charge is 0.495 e. The molecule has 0 aliphatic heterocycles. The van der Waals surface area contributed by atoms with E-state index in [-0.39, 0.29) is 0 Å². The van der Waals surface area contributed by atoms with Gasteiger partial charge in [-0.3, -0.25) is 0 Å². The molecule has 0 fully saturated rings. The van der Waals surface area contributed by atoms with Gasteiger partial charge in [0.05, 0.1) is 12.1 Å². The molecule has 0 aliphatic carbocycles. The fraction of sp³-hybridized carbons (Fsp3) is 0.0714. The van der Waals surface area contributed by atoms with Crippen LogP contribution < -0.4 is 15.8 Å². The van der Waals surface area contributed by atoms with Gasteiger partial charge in [-0.25, -0.2) is 0 Å². The Morgan fingerprint density at radius 3 is 2.37 bits per heavy atom. The van der Waals surface area contributed by atoms with Crippen molar-refractivity contribution in [2.24, 2.45) is 5.73 Å². The van der Waals surface area contributed by atoms with Crippen LogP contribution in [0.1, 0.15) is 5.56 Å². The highest BCUT2D eigenvalue weighted by Crippen LogP contribution is 2.29. The third-order valence-corrected chi connectivity index (χ3v) is 3.16. The molecular formula is C14H13ClN2OS. The molecule has 0 amide bonds. The topological polar surface area (TPSA) is 47.3 Å². The first-order valence-corrected chi connectivity index (χ1v) is 6.39. The molecule has 0 bridgehead atoms. The molecule has 2 aromatic rings. The Bertz CT molecular complexity index is 599. The summed E-state index contributed by atoms with van der Waals surface area (Å²) in [6.07, 6.45) is 0. The molecule has 3 N–H and O–H groups in total. The van der Waals surface area contributed by atoms with E-state index in [1.54, 1.807) is 13.2 Å². The van der Waals surface area contributed by atoms with Crippen LogP contribution in [0.15, 0.2) is 42.5 Å². The zero-order chi connectivity index (χ0) is 13.8. The molecule has 0 atom stereocenters. The van der Waals surface area contributed by atoms with E-state index in [4.69, 9.17) is 34.3 Å². The van der Waals surface area contributed by atoms with Crippen LogP contribution in [0.5, 0.6) is 5.75 Å². The summed E-state index contributed by atoms with van der Waals surface area (Å²) < 4.78 is 5.17. The van der Waals surface area contributed by atoms with Gasteiger partial charge >= 0.3 is 0 Å². The quantitative estimate of drug-likeness (QED) is 0.843. The minimum atomic E-state index is 0.389. The highest BCUT2D eigenvalue weighted by atomic mass is 35.5. The van der Waals surface area contributed by atoms with E-state index in [2.05, 4.69) is 5.32 Å². The Balaban J connectivity index is 2.19. The molecular weight excluding hydrogens is 280 g/mol. The van der Waals surface area contributed by atoms with Gasteiger partial charge in [-0.1, -0.05) is 23.8 Å².